The Bertz CT molecular complexity index is 441. The lowest BCUT2D eigenvalue weighted by molar-refractivity contribution is 0.193. The van der Waals surface area contributed by atoms with Gasteiger partial charge in [0.25, 0.3) is 0 Å². The summed E-state index contributed by atoms with van der Waals surface area (Å²) < 4.78 is 16.8. The van der Waals surface area contributed by atoms with Crippen LogP contribution in [0.3, 0.4) is 0 Å². The summed E-state index contributed by atoms with van der Waals surface area (Å²) in [6.07, 6.45) is 0. The predicted octanol–water partition coefficient (Wildman–Crippen LogP) is 1.15. The minimum Gasteiger partial charge on any atom is -0.497 e. The van der Waals surface area contributed by atoms with Gasteiger partial charge in [-0.1, -0.05) is 12.1 Å². The smallest absolute Gasteiger partial charge is 0.119 e. The van der Waals surface area contributed by atoms with E-state index in [0.29, 0.717) is 0 Å². The highest BCUT2D eigenvalue weighted by Gasteiger charge is 2.27. The van der Waals surface area contributed by atoms with Crippen molar-refractivity contribution in [2.45, 2.75) is 19.0 Å². The maximum Gasteiger partial charge on any atom is 0.119 e. The van der Waals surface area contributed by atoms with Gasteiger partial charge in [0, 0.05) is 47.5 Å². The molecule has 1 aromatic carbocycles. The van der Waals surface area contributed by atoms with Gasteiger partial charge in [-0.05, 0) is 24.6 Å². The molecule has 0 aromatic heterocycles. The second-order valence-corrected chi connectivity index (χ2v) is 6.66. The quantitative estimate of drug-likeness (QED) is 0.900. The molecule has 0 aliphatic carbocycles. The van der Waals surface area contributed by atoms with Gasteiger partial charge in [-0.3, -0.25) is 9.11 Å². The highest BCUT2D eigenvalue weighted by molar-refractivity contribution is 7.85. The van der Waals surface area contributed by atoms with Gasteiger partial charge in [0.05, 0.1) is 7.11 Å². The van der Waals surface area contributed by atoms with Gasteiger partial charge in [0.15, 0.2) is 0 Å². The van der Waals surface area contributed by atoms with E-state index in [-0.39, 0.29) is 12.1 Å². The zero-order valence-corrected chi connectivity index (χ0v) is 12.4. The molecule has 0 amide bonds. The Balaban J connectivity index is 2.21. The van der Waals surface area contributed by atoms with Crippen LogP contribution in [0.1, 0.15) is 18.5 Å². The van der Waals surface area contributed by atoms with Crippen molar-refractivity contribution < 1.29 is 8.95 Å². The van der Waals surface area contributed by atoms with Crippen LogP contribution in [0.4, 0.5) is 0 Å². The van der Waals surface area contributed by atoms with E-state index < -0.39 is 10.8 Å². The number of hydrogen-bond acceptors (Lipinski definition) is 4. The number of methoxy groups -OCH3 is 1. The zero-order valence-electron chi connectivity index (χ0n) is 11.5. The molecule has 0 radical (unpaired) electrons. The number of benzene rings is 1. The Kier molecular flexibility index (Phi) is 4.96. The molecule has 1 heterocycles. The van der Waals surface area contributed by atoms with E-state index in [1.165, 1.54) is 5.56 Å². The van der Waals surface area contributed by atoms with Crippen LogP contribution in [0.2, 0.25) is 0 Å². The van der Waals surface area contributed by atoms with Gasteiger partial charge < -0.3 is 10.5 Å². The van der Waals surface area contributed by atoms with Gasteiger partial charge in [-0.2, -0.15) is 0 Å². The van der Waals surface area contributed by atoms with Crippen molar-refractivity contribution in [2.75, 3.05) is 31.7 Å². The summed E-state index contributed by atoms with van der Waals surface area (Å²) in [5, 5.41) is 0. The first kappa shape index (κ1) is 14.5. The Labute approximate surface area is 117 Å². The lowest BCUT2D eigenvalue weighted by Crippen LogP contribution is -2.46. The molecule has 19 heavy (non-hydrogen) atoms. The largest absolute Gasteiger partial charge is 0.497 e. The van der Waals surface area contributed by atoms with Gasteiger partial charge in [0.1, 0.15) is 5.75 Å². The average molecular weight is 282 g/mol. The molecule has 1 aliphatic rings. The van der Waals surface area contributed by atoms with Crippen LogP contribution in [-0.2, 0) is 10.8 Å². The van der Waals surface area contributed by atoms with Crippen molar-refractivity contribution in [1.29, 1.82) is 0 Å². The maximum atomic E-state index is 11.5. The molecule has 2 N–H and O–H groups in total. The van der Waals surface area contributed by atoms with Crippen LogP contribution in [0.15, 0.2) is 24.3 Å². The van der Waals surface area contributed by atoms with Gasteiger partial charge >= 0.3 is 0 Å². The van der Waals surface area contributed by atoms with Crippen molar-refractivity contribution in [3.63, 3.8) is 0 Å². The van der Waals surface area contributed by atoms with Crippen molar-refractivity contribution in [2.24, 2.45) is 5.73 Å². The highest BCUT2D eigenvalue weighted by Crippen LogP contribution is 2.27. The number of nitrogens with two attached hydrogens (primary N) is 1. The number of rotatable bonds is 4. The molecule has 1 aromatic rings. The number of ether oxygens (including phenoxy) is 1. The zero-order chi connectivity index (χ0) is 13.8. The van der Waals surface area contributed by atoms with E-state index in [0.717, 1.165) is 30.3 Å². The summed E-state index contributed by atoms with van der Waals surface area (Å²) in [7, 11) is 1.01. The van der Waals surface area contributed by atoms with E-state index in [2.05, 4.69) is 11.0 Å². The van der Waals surface area contributed by atoms with Crippen LogP contribution in [0.25, 0.3) is 0 Å². The maximum absolute atomic E-state index is 11.5. The molecular weight excluding hydrogens is 260 g/mol. The standard InChI is InChI=1S/C14H22N2O2S/c1-11(15)14(16-6-8-19(17)9-7-16)12-4-3-5-13(10-12)18-2/h3-5,10-11,14H,6-9,15H2,1-2H3. The molecule has 0 spiro atoms. The molecule has 0 saturated carbocycles. The molecule has 106 valence electrons. The normalized spacial score (nSPS) is 21.0. The van der Waals surface area contributed by atoms with Crippen molar-refractivity contribution in [3.8, 4) is 5.75 Å². The Morgan fingerprint density at radius 3 is 2.63 bits per heavy atom. The van der Waals surface area contributed by atoms with Crippen molar-refractivity contribution >= 4 is 10.8 Å². The van der Waals surface area contributed by atoms with Crippen LogP contribution >= 0.6 is 0 Å². The second kappa shape index (κ2) is 6.50. The Morgan fingerprint density at radius 2 is 2.05 bits per heavy atom. The third kappa shape index (κ3) is 3.55. The fraction of sp³-hybridized carbons (Fsp3) is 0.571. The Morgan fingerprint density at radius 1 is 1.37 bits per heavy atom. The fourth-order valence-electron chi connectivity index (χ4n) is 2.60. The Hall–Kier alpha value is -0.910. The number of hydrogen-bond donors (Lipinski definition) is 1. The average Bonchev–Trinajstić information content (AvgIpc) is 2.41. The summed E-state index contributed by atoms with van der Waals surface area (Å²) in [6, 6.07) is 8.24. The van der Waals surface area contributed by atoms with Crippen molar-refractivity contribution in [3.05, 3.63) is 29.8 Å². The van der Waals surface area contributed by atoms with Crippen LogP contribution in [0.5, 0.6) is 5.75 Å². The molecule has 2 atom stereocenters. The van der Waals surface area contributed by atoms with E-state index in [1.807, 2.05) is 25.1 Å². The first-order valence-electron chi connectivity index (χ1n) is 6.60. The number of nitrogens with zero attached hydrogens (tertiary/aromatic N) is 1. The van der Waals surface area contributed by atoms with Gasteiger partial charge in [-0.25, -0.2) is 0 Å². The monoisotopic (exact) mass is 282 g/mol. The van der Waals surface area contributed by atoms with E-state index in [1.54, 1.807) is 7.11 Å². The van der Waals surface area contributed by atoms with Crippen molar-refractivity contribution in [1.82, 2.24) is 4.90 Å². The summed E-state index contributed by atoms with van der Waals surface area (Å²) in [5.41, 5.74) is 7.34. The molecule has 1 saturated heterocycles. The minimum absolute atomic E-state index is 0.0265. The third-order valence-corrected chi connectivity index (χ3v) is 4.81. The van der Waals surface area contributed by atoms with Crippen LogP contribution < -0.4 is 10.5 Å². The summed E-state index contributed by atoms with van der Waals surface area (Å²) >= 11 is 0. The van der Waals surface area contributed by atoms with Gasteiger partial charge in [-0.15, -0.1) is 0 Å². The first-order chi connectivity index (χ1) is 9.11. The summed E-state index contributed by atoms with van der Waals surface area (Å²) in [6.45, 7) is 3.71. The molecule has 0 bridgehead atoms. The lowest BCUT2D eigenvalue weighted by Gasteiger charge is -2.36. The molecule has 4 nitrogen and oxygen atoms in total. The predicted molar refractivity (Wildman–Crippen MR) is 78.8 cm³/mol. The lowest BCUT2D eigenvalue weighted by atomic mass is 9.99. The summed E-state index contributed by atoms with van der Waals surface area (Å²) in [5.74, 6) is 2.34. The summed E-state index contributed by atoms with van der Waals surface area (Å²) in [4.78, 5) is 2.33. The minimum atomic E-state index is -0.660. The molecule has 2 rings (SSSR count). The first-order valence-corrected chi connectivity index (χ1v) is 8.09. The van der Waals surface area contributed by atoms with E-state index >= 15 is 0 Å². The van der Waals surface area contributed by atoms with E-state index in [9.17, 15) is 4.21 Å². The molecule has 5 heteroatoms. The molecule has 1 fully saturated rings. The molecule has 2 unspecified atom stereocenters. The highest BCUT2D eigenvalue weighted by atomic mass is 32.2. The molecular formula is C14H22N2O2S. The third-order valence-electron chi connectivity index (χ3n) is 3.54. The topological polar surface area (TPSA) is 55.6 Å². The molecule has 1 aliphatic heterocycles. The van der Waals surface area contributed by atoms with Gasteiger partial charge in [0.2, 0.25) is 0 Å². The van der Waals surface area contributed by atoms with E-state index in [4.69, 9.17) is 10.5 Å². The second-order valence-electron chi connectivity index (χ2n) is 4.96. The fourth-order valence-corrected chi connectivity index (χ4v) is 3.68. The SMILES string of the molecule is COc1cccc(C(C(C)N)N2CCS(=O)CC2)c1. The van der Waals surface area contributed by atoms with Crippen LogP contribution in [0, 0.1) is 0 Å². The van der Waals surface area contributed by atoms with Crippen LogP contribution in [-0.4, -0.2) is 46.9 Å².